The van der Waals surface area contributed by atoms with Crippen LogP contribution in [0.2, 0.25) is 25.7 Å². The van der Waals surface area contributed by atoms with Crippen molar-refractivity contribution in [2.24, 2.45) is 0 Å². The minimum atomic E-state index is -1.10. The van der Waals surface area contributed by atoms with E-state index in [2.05, 4.69) is 47.2 Å². The van der Waals surface area contributed by atoms with Crippen LogP contribution >= 0.6 is 34.2 Å². The molecule has 1 aromatic heterocycles. The van der Waals surface area contributed by atoms with Crippen molar-refractivity contribution in [2.75, 3.05) is 13.2 Å². The Morgan fingerprint density at radius 1 is 1.52 bits per heavy atom. The van der Waals surface area contributed by atoms with Gasteiger partial charge < -0.3 is 9.72 Å². The number of carbonyl (C=O) groups excluding carboxylic acids is 1. The predicted molar refractivity (Wildman–Crippen MR) is 97.2 cm³/mol. The van der Waals surface area contributed by atoms with Gasteiger partial charge in [-0.1, -0.05) is 31.2 Å². The summed E-state index contributed by atoms with van der Waals surface area (Å²) in [5.41, 5.74) is 1.90. The summed E-state index contributed by atoms with van der Waals surface area (Å²) < 4.78 is 6.58. The van der Waals surface area contributed by atoms with Gasteiger partial charge in [0.25, 0.3) is 0 Å². The number of hydrogen-bond donors (Lipinski definition) is 1. The van der Waals surface area contributed by atoms with Gasteiger partial charge in [-0.2, -0.15) is 0 Å². The lowest BCUT2D eigenvalue weighted by Gasteiger charge is -2.32. The second-order valence-electron chi connectivity index (χ2n) is 6.32. The highest BCUT2D eigenvalue weighted by Crippen LogP contribution is 2.42. The minimum Gasteiger partial charge on any atom is -0.379 e. The van der Waals surface area contributed by atoms with Crippen LogP contribution in [0.3, 0.4) is 0 Å². The molecule has 0 saturated heterocycles. The molecule has 2 rings (SSSR count). The van der Waals surface area contributed by atoms with Crippen molar-refractivity contribution in [2.45, 2.75) is 31.7 Å². The van der Waals surface area contributed by atoms with Crippen molar-refractivity contribution in [3.05, 3.63) is 27.2 Å². The van der Waals surface area contributed by atoms with Gasteiger partial charge in [-0.15, -0.1) is 0 Å². The van der Waals surface area contributed by atoms with E-state index in [9.17, 15) is 4.79 Å². The Labute approximate surface area is 145 Å². The lowest BCUT2D eigenvalue weighted by atomic mass is 10.1. The fourth-order valence-corrected chi connectivity index (χ4v) is 3.97. The molecule has 1 amide bonds. The number of ether oxygens (including phenoxy) is 1. The minimum absolute atomic E-state index is 0.136. The van der Waals surface area contributed by atoms with Gasteiger partial charge >= 0.3 is 0 Å². The lowest BCUT2D eigenvalue weighted by Crippen LogP contribution is -2.33. The monoisotopic (exact) mass is 438 g/mol. The molecule has 1 aromatic rings. The average Bonchev–Trinajstić information content (AvgIpc) is 2.88. The summed E-state index contributed by atoms with van der Waals surface area (Å²) in [6.45, 7) is 8.19. The van der Waals surface area contributed by atoms with E-state index in [0.29, 0.717) is 11.6 Å². The zero-order valence-electron chi connectivity index (χ0n) is 12.5. The predicted octanol–water partition coefficient (Wildman–Crippen LogP) is 4.18. The number of aromatic nitrogens is 1. The maximum absolute atomic E-state index is 11.4. The van der Waals surface area contributed by atoms with Gasteiger partial charge in [0.05, 0.1) is 11.6 Å². The normalized spacial score (nSPS) is 18.9. The number of fused-ring (bicyclic) bond motifs is 1. The highest BCUT2D eigenvalue weighted by atomic mass is 127. The highest BCUT2D eigenvalue weighted by Gasteiger charge is 2.32. The van der Waals surface area contributed by atoms with Gasteiger partial charge in [0, 0.05) is 32.1 Å². The van der Waals surface area contributed by atoms with Crippen molar-refractivity contribution in [3.8, 4) is 0 Å². The smallest absolute Gasteiger partial charge is 0.215 e. The molecule has 4 nitrogen and oxygen atoms in total. The number of carbonyl (C=O) groups is 1. The fourth-order valence-electron chi connectivity index (χ4n) is 2.21. The lowest BCUT2D eigenvalue weighted by molar-refractivity contribution is -0.119. The first-order valence-corrected chi connectivity index (χ1v) is 12.1. The molecule has 1 unspecified atom stereocenters. The Balaban J connectivity index is 2.10. The molecule has 0 fully saturated rings. The third kappa shape index (κ3) is 3.91. The first-order chi connectivity index (χ1) is 9.85. The van der Waals surface area contributed by atoms with Crippen LogP contribution in [0.4, 0.5) is 0 Å². The van der Waals surface area contributed by atoms with Crippen LogP contribution < -0.4 is 0 Å². The van der Waals surface area contributed by atoms with Crippen molar-refractivity contribution < 1.29 is 9.53 Å². The Bertz CT molecular complexity index is 553. The quantitative estimate of drug-likeness (QED) is 0.238. The first kappa shape index (κ1) is 17.0. The first-order valence-electron chi connectivity index (χ1n) is 6.89. The van der Waals surface area contributed by atoms with Crippen molar-refractivity contribution in [1.29, 1.82) is 0 Å². The highest BCUT2D eigenvalue weighted by molar-refractivity contribution is 14.1. The molecule has 2 heterocycles. The summed E-state index contributed by atoms with van der Waals surface area (Å²) in [6.07, 6.45) is 2.67. The van der Waals surface area contributed by atoms with Crippen LogP contribution in [-0.2, 0) is 9.53 Å². The fraction of sp³-hybridized carbons (Fsp3) is 0.500. The maximum Gasteiger partial charge on any atom is 0.215 e. The molecule has 1 atom stereocenters. The molecule has 0 radical (unpaired) electrons. The van der Waals surface area contributed by atoms with E-state index in [4.69, 9.17) is 16.3 Å². The standard InChI is InChI=1S/C14H20ClIN2O2Si/c1-21(2,3)7-6-20-8-11-13-10(4-5-17-13)12(15)14(16)18(11)9-19/h4-5,9,11,17H,6-8H2,1-3H3. The molecule has 1 aliphatic rings. The van der Waals surface area contributed by atoms with Crippen molar-refractivity contribution >= 4 is 53.7 Å². The summed E-state index contributed by atoms with van der Waals surface area (Å²) in [5, 5.41) is 0.609. The average molecular weight is 439 g/mol. The topological polar surface area (TPSA) is 45.3 Å². The largest absolute Gasteiger partial charge is 0.379 e. The van der Waals surface area contributed by atoms with Gasteiger partial charge in [-0.05, 0) is 34.7 Å². The van der Waals surface area contributed by atoms with E-state index in [-0.39, 0.29) is 6.04 Å². The van der Waals surface area contributed by atoms with E-state index in [1.165, 1.54) is 0 Å². The Kier molecular flexibility index (Phi) is 5.56. The molecule has 116 valence electrons. The molecular weight excluding hydrogens is 419 g/mol. The molecule has 0 aromatic carbocycles. The molecule has 7 heteroatoms. The van der Waals surface area contributed by atoms with Crippen LogP contribution in [0.5, 0.6) is 0 Å². The van der Waals surface area contributed by atoms with E-state index in [1.807, 2.05) is 12.3 Å². The number of H-pyrrole nitrogens is 1. The molecule has 0 aliphatic carbocycles. The number of nitrogens with one attached hydrogen (secondary N) is 1. The number of nitrogens with zero attached hydrogens (tertiary/aromatic N) is 1. The zero-order chi connectivity index (χ0) is 15.6. The Morgan fingerprint density at radius 2 is 2.24 bits per heavy atom. The van der Waals surface area contributed by atoms with Gasteiger partial charge in [-0.3, -0.25) is 9.69 Å². The van der Waals surface area contributed by atoms with Gasteiger partial charge in [0.2, 0.25) is 6.41 Å². The van der Waals surface area contributed by atoms with Crippen LogP contribution in [0.1, 0.15) is 17.3 Å². The van der Waals surface area contributed by atoms with Crippen molar-refractivity contribution in [1.82, 2.24) is 9.88 Å². The molecule has 21 heavy (non-hydrogen) atoms. The Morgan fingerprint density at radius 3 is 2.86 bits per heavy atom. The molecule has 0 saturated carbocycles. The number of halogens is 2. The molecule has 0 spiro atoms. The van der Waals surface area contributed by atoms with Crippen LogP contribution in [-0.4, -0.2) is 37.6 Å². The SMILES string of the molecule is C[Si](C)(C)CCOCC1c2[nH]ccc2C(Cl)=C(I)N1C=O. The summed E-state index contributed by atoms with van der Waals surface area (Å²) in [6, 6.07) is 2.92. The molecule has 1 aliphatic heterocycles. The molecular formula is C14H20ClIN2O2Si. The zero-order valence-corrected chi connectivity index (χ0v) is 16.4. The summed E-state index contributed by atoms with van der Waals surface area (Å²) in [5.74, 6) is 0. The van der Waals surface area contributed by atoms with Crippen LogP contribution in [0.15, 0.2) is 16.0 Å². The number of amides is 1. The van der Waals surface area contributed by atoms with E-state index in [0.717, 1.165) is 34.0 Å². The van der Waals surface area contributed by atoms with Crippen LogP contribution in [0.25, 0.3) is 5.03 Å². The summed E-state index contributed by atoms with van der Waals surface area (Å²) in [7, 11) is -1.10. The number of hydrogen-bond acceptors (Lipinski definition) is 2. The third-order valence-electron chi connectivity index (χ3n) is 3.48. The summed E-state index contributed by atoms with van der Waals surface area (Å²) in [4.78, 5) is 16.2. The van der Waals surface area contributed by atoms with Crippen molar-refractivity contribution in [3.63, 3.8) is 0 Å². The van der Waals surface area contributed by atoms with Crippen LogP contribution in [0, 0.1) is 0 Å². The van der Waals surface area contributed by atoms with Gasteiger partial charge in [0.1, 0.15) is 9.75 Å². The molecule has 1 N–H and O–H groups in total. The Hall–Kier alpha value is -0.313. The maximum atomic E-state index is 11.4. The van der Waals surface area contributed by atoms with Gasteiger partial charge in [-0.25, -0.2) is 0 Å². The second kappa shape index (κ2) is 6.85. The van der Waals surface area contributed by atoms with Gasteiger partial charge in [0.15, 0.2) is 0 Å². The number of aromatic amines is 1. The summed E-state index contributed by atoms with van der Waals surface area (Å²) >= 11 is 8.42. The van der Waals surface area contributed by atoms with E-state index >= 15 is 0 Å². The van der Waals surface area contributed by atoms with E-state index < -0.39 is 8.07 Å². The second-order valence-corrected chi connectivity index (χ2v) is 13.3. The van der Waals surface area contributed by atoms with E-state index in [1.54, 1.807) is 4.90 Å². The third-order valence-corrected chi connectivity index (χ3v) is 6.98. The molecule has 0 bridgehead atoms. The number of rotatable bonds is 6.